The standard InChI is InChI=1S/C24H18F7N3O3S/c25-14-1-4-17(5-2-14)38(36,37)34-12-15(26)8-21(34)22(35)6-3-16-9-18(20(28)11-32-16)13-7-19(27)23(33-10-13)24(29,30)31/h1-2,4-5,7,9-11,15,21H,3,6,8,12H2/t15-,21+/m1/s1. The van der Waals surface area contributed by atoms with Gasteiger partial charge in [-0.25, -0.2) is 31.0 Å². The maximum Gasteiger partial charge on any atom is 0.436 e. The van der Waals surface area contributed by atoms with E-state index >= 15 is 0 Å². The highest BCUT2D eigenvalue weighted by Crippen LogP contribution is 2.33. The van der Waals surface area contributed by atoms with Gasteiger partial charge in [-0.1, -0.05) is 0 Å². The second-order valence-corrected chi connectivity index (χ2v) is 10.4. The molecule has 0 aliphatic carbocycles. The van der Waals surface area contributed by atoms with Crippen LogP contribution in [0.2, 0.25) is 0 Å². The minimum Gasteiger partial charge on any atom is -0.298 e. The number of ketones is 1. The predicted molar refractivity (Wildman–Crippen MR) is 119 cm³/mol. The van der Waals surface area contributed by atoms with Crippen LogP contribution in [-0.2, 0) is 27.4 Å². The fourth-order valence-electron chi connectivity index (χ4n) is 4.11. The van der Waals surface area contributed by atoms with Gasteiger partial charge in [-0.2, -0.15) is 17.5 Å². The number of carbonyl (C=O) groups excluding carboxylic acids is 1. The van der Waals surface area contributed by atoms with Gasteiger partial charge in [0.15, 0.2) is 17.3 Å². The predicted octanol–water partition coefficient (Wildman–Crippen LogP) is 4.88. The van der Waals surface area contributed by atoms with E-state index in [1.807, 2.05) is 0 Å². The highest BCUT2D eigenvalue weighted by atomic mass is 32.2. The lowest BCUT2D eigenvalue weighted by Crippen LogP contribution is -2.40. The maximum atomic E-state index is 14.3. The van der Waals surface area contributed by atoms with Crippen LogP contribution in [0.5, 0.6) is 0 Å². The number of hydrogen-bond acceptors (Lipinski definition) is 5. The Morgan fingerprint density at radius 2 is 1.68 bits per heavy atom. The summed E-state index contributed by atoms with van der Waals surface area (Å²) in [5.41, 5.74) is -2.27. The van der Waals surface area contributed by atoms with E-state index in [1.54, 1.807) is 0 Å². The van der Waals surface area contributed by atoms with Crippen LogP contribution in [-0.4, -0.2) is 47.2 Å². The second-order valence-electron chi connectivity index (χ2n) is 8.55. The molecular formula is C24H18F7N3O3S. The summed E-state index contributed by atoms with van der Waals surface area (Å²) in [7, 11) is -4.31. The van der Waals surface area contributed by atoms with Crippen LogP contribution in [0.25, 0.3) is 11.1 Å². The number of alkyl halides is 4. The molecule has 0 unspecified atom stereocenters. The summed E-state index contributed by atoms with van der Waals surface area (Å²) in [4.78, 5) is 19.4. The van der Waals surface area contributed by atoms with Gasteiger partial charge in [0.2, 0.25) is 10.0 Å². The first-order valence-electron chi connectivity index (χ1n) is 11.1. The largest absolute Gasteiger partial charge is 0.436 e. The summed E-state index contributed by atoms with van der Waals surface area (Å²) in [6.45, 7) is -0.568. The first kappa shape index (κ1) is 27.6. The minimum absolute atomic E-state index is 0.0952. The molecule has 4 rings (SSSR count). The van der Waals surface area contributed by atoms with Crippen molar-refractivity contribution in [2.75, 3.05) is 6.54 Å². The van der Waals surface area contributed by atoms with Crippen molar-refractivity contribution in [2.24, 2.45) is 0 Å². The topological polar surface area (TPSA) is 80.2 Å². The first-order valence-corrected chi connectivity index (χ1v) is 12.5. The first-order chi connectivity index (χ1) is 17.8. The molecule has 6 nitrogen and oxygen atoms in total. The zero-order chi connectivity index (χ0) is 27.8. The Kier molecular flexibility index (Phi) is 7.57. The number of aromatic nitrogens is 2. The van der Waals surface area contributed by atoms with E-state index in [2.05, 4.69) is 9.97 Å². The van der Waals surface area contributed by atoms with Gasteiger partial charge in [0.25, 0.3) is 0 Å². The van der Waals surface area contributed by atoms with E-state index in [-0.39, 0.29) is 34.6 Å². The molecular weight excluding hydrogens is 543 g/mol. The molecule has 1 fully saturated rings. The molecule has 0 saturated carbocycles. The Morgan fingerprint density at radius 1 is 1.00 bits per heavy atom. The molecule has 1 aromatic carbocycles. The van der Waals surface area contributed by atoms with E-state index in [1.165, 1.54) is 0 Å². The number of halogens is 7. The third-order valence-electron chi connectivity index (χ3n) is 5.96. The van der Waals surface area contributed by atoms with Crippen LogP contribution >= 0.6 is 0 Å². The van der Waals surface area contributed by atoms with Crippen LogP contribution in [0.3, 0.4) is 0 Å². The average Bonchev–Trinajstić information content (AvgIpc) is 3.25. The van der Waals surface area contributed by atoms with Crippen LogP contribution in [0.15, 0.2) is 53.7 Å². The molecule has 2 aromatic heterocycles. The van der Waals surface area contributed by atoms with Crippen LogP contribution in [0.1, 0.15) is 24.2 Å². The molecule has 0 N–H and O–H groups in total. The Hall–Kier alpha value is -3.39. The molecule has 1 aliphatic heterocycles. The lowest BCUT2D eigenvalue weighted by molar-refractivity contribution is -0.143. The fraction of sp³-hybridized carbons (Fsp3) is 0.292. The lowest BCUT2D eigenvalue weighted by Gasteiger charge is -2.22. The van der Waals surface area contributed by atoms with Gasteiger partial charge >= 0.3 is 6.18 Å². The molecule has 38 heavy (non-hydrogen) atoms. The number of nitrogens with zero attached hydrogens (tertiary/aromatic N) is 3. The summed E-state index contributed by atoms with van der Waals surface area (Å²) < 4.78 is 121. The summed E-state index contributed by atoms with van der Waals surface area (Å²) in [5, 5.41) is 0. The number of benzene rings is 1. The Labute approximate surface area is 212 Å². The number of rotatable bonds is 7. The molecule has 0 amide bonds. The molecule has 0 spiro atoms. The smallest absolute Gasteiger partial charge is 0.298 e. The Bertz CT molecular complexity index is 1460. The third-order valence-corrected chi connectivity index (χ3v) is 7.85. The fourth-order valence-corrected chi connectivity index (χ4v) is 5.76. The van der Waals surface area contributed by atoms with Crippen molar-refractivity contribution < 1.29 is 43.9 Å². The van der Waals surface area contributed by atoms with Crippen molar-refractivity contribution in [1.29, 1.82) is 0 Å². The minimum atomic E-state index is -5.04. The molecule has 0 radical (unpaired) electrons. The molecule has 14 heteroatoms. The van der Waals surface area contributed by atoms with Crippen molar-refractivity contribution in [3.05, 3.63) is 77.6 Å². The van der Waals surface area contributed by atoms with Gasteiger partial charge in [-0.15, -0.1) is 0 Å². The van der Waals surface area contributed by atoms with Crippen molar-refractivity contribution in [3.8, 4) is 11.1 Å². The zero-order valence-corrected chi connectivity index (χ0v) is 20.0. The van der Waals surface area contributed by atoms with Crippen molar-refractivity contribution in [2.45, 2.75) is 42.5 Å². The van der Waals surface area contributed by atoms with E-state index in [4.69, 9.17) is 0 Å². The molecule has 3 aromatic rings. The number of sulfonamides is 1. The van der Waals surface area contributed by atoms with Gasteiger partial charge in [-0.05, 0) is 42.8 Å². The molecule has 1 saturated heterocycles. The van der Waals surface area contributed by atoms with Crippen molar-refractivity contribution >= 4 is 15.8 Å². The van der Waals surface area contributed by atoms with Crippen molar-refractivity contribution in [3.63, 3.8) is 0 Å². The van der Waals surface area contributed by atoms with Crippen LogP contribution in [0.4, 0.5) is 30.7 Å². The maximum absolute atomic E-state index is 14.3. The van der Waals surface area contributed by atoms with E-state index in [9.17, 15) is 43.9 Å². The van der Waals surface area contributed by atoms with Gasteiger partial charge in [0.05, 0.1) is 17.1 Å². The quantitative estimate of drug-likeness (QED) is 0.384. The SMILES string of the molecule is O=C(CCc1cc(-c2cnc(C(F)(F)F)c(F)c2)c(F)cn1)[C@@H]1C[C@@H](F)CN1S(=O)(=O)c1ccc(F)cc1. The van der Waals surface area contributed by atoms with E-state index in [0.29, 0.717) is 16.6 Å². The summed E-state index contributed by atoms with van der Waals surface area (Å²) in [6, 6.07) is 4.08. The highest BCUT2D eigenvalue weighted by molar-refractivity contribution is 7.89. The van der Waals surface area contributed by atoms with Gasteiger partial charge in [-0.3, -0.25) is 9.78 Å². The van der Waals surface area contributed by atoms with Gasteiger partial charge in [0, 0.05) is 42.4 Å². The number of Topliss-reactive ketones (excluding diaryl/α,β-unsaturated/α-hetero) is 1. The normalized spacial score (nSPS) is 18.6. The van der Waals surface area contributed by atoms with E-state index in [0.717, 1.165) is 36.5 Å². The second kappa shape index (κ2) is 10.4. The number of carbonyl (C=O) groups is 1. The van der Waals surface area contributed by atoms with Crippen LogP contribution in [0, 0.1) is 17.5 Å². The molecule has 2 atom stereocenters. The number of pyridine rings is 2. The Balaban J connectivity index is 1.52. The summed E-state index contributed by atoms with van der Waals surface area (Å²) in [6.07, 6.45) is -6.14. The van der Waals surface area contributed by atoms with E-state index < -0.39 is 70.3 Å². The molecule has 0 bridgehead atoms. The molecule has 3 heterocycles. The number of hydrogen-bond donors (Lipinski definition) is 0. The van der Waals surface area contributed by atoms with Gasteiger partial charge < -0.3 is 0 Å². The zero-order valence-electron chi connectivity index (χ0n) is 19.2. The summed E-state index contributed by atoms with van der Waals surface area (Å²) >= 11 is 0. The Morgan fingerprint density at radius 3 is 2.32 bits per heavy atom. The average molecular weight is 561 g/mol. The van der Waals surface area contributed by atoms with Crippen molar-refractivity contribution in [1.82, 2.24) is 14.3 Å². The highest BCUT2D eigenvalue weighted by Gasteiger charge is 2.43. The van der Waals surface area contributed by atoms with Crippen LogP contribution < -0.4 is 0 Å². The molecule has 1 aliphatic rings. The monoisotopic (exact) mass is 561 g/mol. The summed E-state index contributed by atoms with van der Waals surface area (Å²) in [5.74, 6) is -4.01. The number of aryl methyl sites for hydroxylation is 1. The lowest BCUT2D eigenvalue weighted by atomic mass is 10.0. The molecule has 202 valence electrons. The van der Waals surface area contributed by atoms with Gasteiger partial charge in [0.1, 0.15) is 17.8 Å². The third kappa shape index (κ3) is 5.70.